The maximum Gasteiger partial charge on any atom is 0.195 e. The highest BCUT2D eigenvalue weighted by molar-refractivity contribution is 5.94. The lowest BCUT2D eigenvalue weighted by molar-refractivity contribution is 0.100. The summed E-state index contributed by atoms with van der Waals surface area (Å²) in [5, 5.41) is 0. The number of Topliss-reactive ketones (excluding diaryl/α,β-unsaturated/α-hetero) is 1. The van der Waals surface area contributed by atoms with Crippen LogP contribution in [0.15, 0.2) is 18.5 Å². The second kappa shape index (κ2) is 2.65. The molecule has 0 aromatic carbocycles. The number of aromatic nitrogens is 3. The maximum atomic E-state index is 11.1. The van der Waals surface area contributed by atoms with E-state index in [0.717, 1.165) is 11.0 Å². The van der Waals surface area contributed by atoms with E-state index in [1.807, 2.05) is 13.1 Å². The van der Waals surface area contributed by atoms with Gasteiger partial charge in [0.15, 0.2) is 11.6 Å². The maximum absolute atomic E-state index is 11.1. The van der Waals surface area contributed by atoms with Crippen molar-refractivity contribution in [1.82, 2.24) is 14.5 Å². The Morgan fingerprint density at radius 3 is 2.92 bits per heavy atom. The average molecular weight is 175 g/mol. The second-order valence-corrected chi connectivity index (χ2v) is 2.92. The largest absolute Gasteiger partial charge is 0.325 e. The fraction of sp³-hybridized carbons (Fsp3) is 0.222. The van der Waals surface area contributed by atoms with E-state index in [9.17, 15) is 4.79 Å². The van der Waals surface area contributed by atoms with Gasteiger partial charge in [0.25, 0.3) is 0 Å². The first-order valence-electron chi connectivity index (χ1n) is 3.97. The molecule has 0 saturated heterocycles. The molecule has 0 unspecified atom stereocenters. The number of fused-ring (bicyclic) bond motifs is 1. The van der Waals surface area contributed by atoms with Crippen molar-refractivity contribution in [1.29, 1.82) is 0 Å². The second-order valence-electron chi connectivity index (χ2n) is 2.92. The minimum atomic E-state index is -0.0290. The number of carbonyl (C=O) groups excluding carboxylic acids is 1. The topological polar surface area (TPSA) is 47.8 Å². The van der Waals surface area contributed by atoms with Crippen LogP contribution in [0.25, 0.3) is 11.0 Å². The molecule has 66 valence electrons. The van der Waals surface area contributed by atoms with Crippen molar-refractivity contribution in [2.75, 3.05) is 0 Å². The summed E-state index contributed by atoms with van der Waals surface area (Å²) in [6, 6.07) is 1.84. The number of carbonyl (C=O) groups is 1. The monoisotopic (exact) mass is 175 g/mol. The lowest BCUT2D eigenvalue weighted by atomic mass is 10.4. The van der Waals surface area contributed by atoms with E-state index >= 15 is 0 Å². The summed E-state index contributed by atoms with van der Waals surface area (Å²) >= 11 is 0. The van der Waals surface area contributed by atoms with Crippen LogP contribution in [0.3, 0.4) is 0 Å². The van der Waals surface area contributed by atoms with E-state index in [2.05, 4.69) is 9.97 Å². The Morgan fingerprint density at radius 1 is 1.54 bits per heavy atom. The average Bonchev–Trinajstić information content (AvgIpc) is 2.45. The van der Waals surface area contributed by atoms with Gasteiger partial charge in [-0.3, -0.25) is 9.78 Å². The van der Waals surface area contributed by atoms with Gasteiger partial charge < -0.3 is 4.57 Å². The van der Waals surface area contributed by atoms with Gasteiger partial charge in [-0.25, -0.2) is 4.98 Å². The minimum Gasteiger partial charge on any atom is -0.325 e. The molecule has 0 bridgehead atoms. The summed E-state index contributed by atoms with van der Waals surface area (Å²) < 4.78 is 1.78. The van der Waals surface area contributed by atoms with Crippen LogP contribution in [-0.4, -0.2) is 20.3 Å². The smallest absolute Gasteiger partial charge is 0.195 e. The number of rotatable bonds is 1. The number of pyridine rings is 1. The molecule has 0 spiro atoms. The SMILES string of the molecule is CC(=O)c1nc2cnccc2n1C. The number of ketones is 1. The van der Waals surface area contributed by atoms with E-state index < -0.39 is 0 Å². The van der Waals surface area contributed by atoms with Gasteiger partial charge in [-0.15, -0.1) is 0 Å². The van der Waals surface area contributed by atoms with Gasteiger partial charge in [-0.05, 0) is 6.07 Å². The molecule has 0 aliphatic rings. The standard InChI is InChI=1S/C9H9N3O/c1-6(13)9-11-7-5-10-4-3-8(7)12(9)2/h3-5H,1-2H3. The predicted molar refractivity (Wildman–Crippen MR) is 48.5 cm³/mol. The fourth-order valence-corrected chi connectivity index (χ4v) is 1.37. The van der Waals surface area contributed by atoms with Crippen LogP contribution in [-0.2, 0) is 7.05 Å². The van der Waals surface area contributed by atoms with Gasteiger partial charge in [0.05, 0.1) is 11.7 Å². The van der Waals surface area contributed by atoms with Crippen LogP contribution < -0.4 is 0 Å². The van der Waals surface area contributed by atoms with Gasteiger partial charge in [-0.1, -0.05) is 0 Å². The molecule has 2 rings (SSSR count). The molecule has 2 heterocycles. The molecule has 4 nitrogen and oxygen atoms in total. The molecule has 0 atom stereocenters. The molecule has 2 aromatic heterocycles. The summed E-state index contributed by atoms with van der Waals surface area (Å²) in [5.41, 5.74) is 1.69. The van der Waals surface area contributed by atoms with E-state index in [0.29, 0.717) is 5.82 Å². The quantitative estimate of drug-likeness (QED) is 0.611. The Balaban J connectivity index is 2.81. The van der Waals surface area contributed by atoms with Crippen molar-refractivity contribution in [3.63, 3.8) is 0 Å². The summed E-state index contributed by atoms with van der Waals surface area (Å²) in [4.78, 5) is 19.2. The normalized spacial score (nSPS) is 10.6. The third-order valence-corrected chi connectivity index (χ3v) is 2.00. The first-order valence-corrected chi connectivity index (χ1v) is 3.97. The Hall–Kier alpha value is -1.71. The third-order valence-electron chi connectivity index (χ3n) is 2.00. The van der Waals surface area contributed by atoms with Crippen LogP contribution >= 0.6 is 0 Å². The van der Waals surface area contributed by atoms with Crippen molar-refractivity contribution < 1.29 is 4.79 Å². The van der Waals surface area contributed by atoms with Crippen molar-refractivity contribution in [3.05, 3.63) is 24.3 Å². The highest BCUT2D eigenvalue weighted by atomic mass is 16.1. The predicted octanol–water partition coefficient (Wildman–Crippen LogP) is 1.17. The zero-order valence-electron chi connectivity index (χ0n) is 7.48. The van der Waals surface area contributed by atoms with Crippen LogP contribution in [0.1, 0.15) is 17.5 Å². The molecular weight excluding hydrogens is 166 g/mol. The first kappa shape index (κ1) is 7.91. The Labute approximate surface area is 75.2 Å². The molecule has 0 aliphatic heterocycles. The minimum absolute atomic E-state index is 0.0290. The van der Waals surface area contributed by atoms with Crippen LogP contribution in [0.5, 0.6) is 0 Å². The summed E-state index contributed by atoms with van der Waals surface area (Å²) in [7, 11) is 1.83. The van der Waals surface area contributed by atoms with Gasteiger partial charge in [-0.2, -0.15) is 0 Å². The summed E-state index contributed by atoms with van der Waals surface area (Å²) in [6.45, 7) is 1.51. The molecule has 0 aliphatic carbocycles. The van der Waals surface area contributed by atoms with E-state index in [4.69, 9.17) is 0 Å². The Morgan fingerprint density at radius 2 is 2.31 bits per heavy atom. The molecule has 0 amide bonds. The van der Waals surface area contributed by atoms with Gasteiger partial charge in [0, 0.05) is 20.2 Å². The molecule has 4 heteroatoms. The highest BCUT2D eigenvalue weighted by Gasteiger charge is 2.10. The lowest BCUT2D eigenvalue weighted by Crippen LogP contribution is -2.02. The summed E-state index contributed by atoms with van der Waals surface area (Å²) in [5.74, 6) is 0.446. The molecule has 0 N–H and O–H groups in total. The number of nitrogens with zero attached hydrogens (tertiary/aromatic N) is 3. The molecule has 0 radical (unpaired) electrons. The zero-order valence-corrected chi connectivity index (χ0v) is 7.48. The van der Waals surface area contributed by atoms with Gasteiger partial charge in [0.2, 0.25) is 0 Å². The van der Waals surface area contributed by atoms with Crippen LogP contribution in [0, 0.1) is 0 Å². The molecule has 0 saturated carbocycles. The number of imidazole rings is 1. The number of hydrogen-bond acceptors (Lipinski definition) is 3. The van der Waals surface area contributed by atoms with Crippen LogP contribution in [0.4, 0.5) is 0 Å². The lowest BCUT2D eigenvalue weighted by Gasteiger charge is -1.95. The van der Waals surface area contributed by atoms with Crippen LogP contribution in [0.2, 0.25) is 0 Å². The molecular formula is C9H9N3O. The Kier molecular flexibility index (Phi) is 1.62. The molecule has 2 aromatic rings. The third kappa shape index (κ3) is 1.11. The van der Waals surface area contributed by atoms with E-state index in [1.165, 1.54) is 6.92 Å². The van der Waals surface area contributed by atoms with Crippen molar-refractivity contribution in [2.45, 2.75) is 6.92 Å². The van der Waals surface area contributed by atoms with Crippen molar-refractivity contribution >= 4 is 16.8 Å². The van der Waals surface area contributed by atoms with Crippen molar-refractivity contribution in [2.24, 2.45) is 7.05 Å². The fourth-order valence-electron chi connectivity index (χ4n) is 1.37. The summed E-state index contributed by atoms with van der Waals surface area (Å²) in [6.07, 6.45) is 3.34. The molecule has 0 fully saturated rings. The number of hydrogen-bond donors (Lipinski definition) is 0. The first-order chi connectivity index (χ1) is 6.20. The van der Waals surface area contributed by atoms with E-state index in [1.54, 1.807) is 17.0 Å². The van der Waals surface area contributed by atoms with Crippen molar-refractivity contribution in [3.8, 4) is 0 Å². The van der Waals surface area contributed by atoms with E-state index in [-0.39, 0.29) is 5.78 Å². The number of aryl methyl sites for hydroxylation is 1. The zero-order chi connectivity index (χ0) is 9.42. The molecule has 13 heavy (non-hydrogen) atoms. The van der Waals surface area contributed by atoms with Gasteiger partial charge in [0.1, 0.15) is 5.52 Å². The van der Waals surface area contributed by atoms with Gasteiger partial charge >= 0.3 is 0 Å². The highest BCUT2D eigenvalue weighted by Crippen LogP contribution is 2.12. The Bertz CT molecular complexity index is 473.